The van der Waals surface area contributed by atoms with E-state index in [1.165, 1.54) is 12.3 Å². The summed E-state index contributed by atoms with van der Waals surface area (Å²) in [5.41, 5.74) is 0.989. The van der Waals surface area contributed by atoms with E-state index < -0.39 is 11.8 Å². The number of hydrogen-bond acceptors (Lipinski definition) is 4. The molecule has 0 aliphatic carbocycles. The van der Waals surface area contributed by atoms with E-state index in [9.17, 15) is 9.18 Å². The first-order chi connectivity index (χ1) is 8.15. The summed E-state index contributed by atoms with van der Waals surface area (Å²) in [6.45, 7) is 1.81. The van der Waals surface area contributed by atoms with Gasteiger partial charge in [0.2, 0.25) is 0 Å². The highest BCUT2D eigenvalue weighted by molar-refractivity contribution is 6.99. The second kappa shape index (κ2) is 4.88. The van der Waals surface area contributed by atoms with Crippen molar-refractivity contribution in [2.24, 2.45) is 0 Å². The van der Waals surface area contributed by atoms with Crippen LogP contribution in [0.4, 0.5) is 20.7 Å². The van der Waals surface area contributed by atoms with Crippen molar-refractivity contribution in [1.82, 2.24) is 8.75 Å². The van der Waals surface area contributed by atoms with Gasteiger partial charge in [-0.25, -0.2) is 9.18 Å². The van der Waals surface area contributed by atoms with E-state index in [0.29, 0.717) is 5.82 Å². The maximum atomic E-state index is 13.3. The third-order valence-electron chi connectivity index (χ3n) is 1.97. The summed E-state index contributed by atoms with van der Waals surface area (Å²) < 4.78 is 20.9. The summed E-state index contributed by atoms with van der Waals surface area (Å²) in [7, 11) is 0. The first kappa shape index (κ1) is 11.5. The summed E-state index contributed by atoms with van der Waals surface area (Å²) in [4.78, 5) is 11.5. The van der Waals surface area contributed by atoms with Gasteiger partial charge in [-0.05, 0) is 24.6 Å². The molecule has 0 atom stereocenters. The van der Waals surface area contributed by atoms with Crippen molar-refractivity contribution in [3.63, 3.8) is 0 Å². The molecule has 1 heterocycles. The Balaban J connectivity index is 2.05. The molecule has 0 saturated carbocycles. The van der Waals surface area contributed by atoms with Crippen molar-refractivity contribution >= 4 is 29.3 Å². The van der Waals surface area contributed by atoms with Gasteiger partial charge in [-0.2, -0.15) is 8.75 Å². The van der Waals surface area contributed by atoms with Crippen molar-refractivity contribution in [3.8, 4) is 0 Å². The lowest BCUT2D eigenvalue weighted by atomic mass is 10.2. The van der Waals surface area contributed by atoms with Crippen LogP contribution in [0.2, 0.25) is 0 Å². The lowest BCUT2D eigenvalue weighted by Crippen LogP contribution is -2.20. The number of aromatic nitrogens is 2. The second-order valence-electron chi connectivity index (χ2n) is 3.36. The van der Waals surface area contributed by atoms with Crippen LogP contribution in [0.3, 0.4) is 0 Å². The number of carbonyl (C=O) groups excluding carboxylic acids is 1. The quantitative estimate of drug-likeness (QED) is 0.863. The summed E-state index contributed by atoms with van der Waals surface area (Å²) in [5, 5.41) is 4.84. The minimum atomic E-state index is -0.554. The molecule has 0 aliphatic heterocycles. The molecule has 5 nitrogen and oxygen atoms in total. The number of rotatable bonds is 2. The van der Waals surface area contributed by atoms with Crippen LogP contribution >= 0.6 is 11.7 Å². The fraction of sp³-hybridized carbons (Fsp3) is 0.100. The molecular formula is C10H9FN4OS. The van der Waals surface area contributed by atoms with Crippen molar-refractivity contribution in [2.45, 2.75) is 6.92 Å². The van der Waals surface area contributed by atoms with Gasteiger partial charge in [0.1, 0.15) is 5.82 Å². The molecule has 0 spiro atoms. The van der Waals surface area contributed by atoms with Gasteiger partial charge < -0.3 is 5.32 Å². The predicted molar refractivity (Wildman–Crippen MR) is 63.7 cm³/mol. The minimum Gasteiger partial charge on any atom is -0.305 e. The van der Waals surface area contributed by atoms with Crippen LogP contribution in [0, 0.1) is 12.7 Å². The number of benzene rings is 1. The van der Waals surface area contributed by atoms with Crippen LogP contribution in [0.25, 0.3) is 0 Å². The molecule has 88 valence electrons. The van der Waals surface area contributed by atoms with Crippen molar-refractivity contribution in [2.75, 3.05) is 10.6 Å². The van der Waals surface area contributed by atoms with Gasteiger partial charge in [0.25, 0.3) is 0 Å². The number of hydrogen-bond donors (Lipinski definition) is 2. The molecule has 0 aliphatic rings. The summed E-state index contributed by atoms with van der Waals surface area (Å²) in [6.07, 6.45) is 1.41. The Labute approximate surface area is 101 Å². The van der Waals surface area contributed by atoms with Crippen LogP contribution in [0.5, 0.6) is 0 Å². The van der Waals surface area contributed by atoms with Gasteiger partial charge in [-0.3, -0.25) is 5.32 Å². The zero-order valence-corrected chi connectivity index (χ0v) is 9.71. The number of carbonyl (C=O) groups is 1. The van der Waals surface area contributed by atoms with Gasteiger partial charge in [0, 0.05) is 0 Å². The molecule has 0 fully saturated rings. The third kappa shape index (κ3) is 2.97. The SMILES string of the molecule is Cc1ccc(F)c(NC(=O)Nc2cnsn2)c1. The lowest BCUT2D eigenvalue weighted by molar-refractivity contribution is 0.262. The standard InChI is InChI=1S/C10H9FN4OS/c1-6-2-3-7(11)8(4-6)13-10(16)14-9-5-12-17-15-9/h2-5H,1H3,(H2,13,14,15,16). The van der Waals surface area contributed by atoms with Crippen LogP contribution in [-0.4, -0.2) is 14.8 Å². The number of anilines is 2. The van der Waals surface area contributed by atoms with Gasteiger partial charge in [0.15, 0.2) is 5.82 Å². The van der Waals surface area contributed by atoms with E-state index >= 15 is 0 Å². The molecule has 2 aromatic rings. The monoisotopic (exact) mass is 252 g/mol. The van der Waals surface area contributed by atoms with E-state index in [0.717, 1.165) is 17.3 Å². The Morgan fingerprint density at radius 2 is 2.24 bits per heavy atom. The first-order valence-corrected chi connectivity index (χ1v) is 5.50. The zero-order valence-electron chi connectivity index (χ0n) is 8.90. The van der Waals surface area contributed by atoms with Crippen molar-refractivity contribution in [1.29, 1.82) is 0 Å². The zero-order chi connectivity index (χ0) is 12.3. The van der Waals surface area contributed by atoms with E-state index in [1.54, 1.807) is 12.1 Å². The van der Waals surface area contributed by atoms with Gasteiger partial charge in [-0.15, -0.1) is 0 Å². The topological polar surface area (TPSA) is 66.9 Å². The molecule has 0 saturated heterocycles. The molecule has 0 unspecified atom stereocenters. The number of urea groups is 1. The minimum absolute atomic E-state index is 0.130. The molecule has 17 heavy (non-hydrogen) atoms. The number of nitrogens with zero attached hydrogens (tertiary/aromatic N) is 2. The molecule has 1 aromatic carbocycles. The maximum absolute atomic E-state index is 13.3. The fourth-order valence-electron chi connectivity index (χ4n) is 1.22. The maximum Gasteiger partial charge on any atom is 0.325 e. The molecule has 2 rings (SSSR count). The Morgan fingerprint density at radius 1 is 1.41 bits per heavy atom. The molecule has 2 amide bonds. The third-order valence-corrected chi connectivity index (χ3v) is 2.45. The number of nitrogens with one attached hydrogen (secondary N) is 2. The Bertz CT molecular complexity index is 529. The predicted octanol–water partition coefficient (Wildman–Crippen LogP) is 2.63. The smallest absolute Gasteiger partial charge is 0.305 e. The van der Waals surface area contributed by atoms with Crippen molar-refractivity contribution < 1.29 is 9.18 Å². The second-order valence-corrected chi connectivity index (χ2v) is 3.91. The van der Waals surface area contributed by atoms with E-state index in [4.69, 9.17) is 0 Å². The Hall–Kier alpha value is -2.02. The highest BCUT2D eigenvalue weighted by Crippen LogP contribution is 2.15. The lowest BCUT2D eigenvalue weighted by Gasteiger charge is -2.07. The summed E-state index contributed by atoms with van der Waals surface area (Å²) >= 11 is 0.977. The number of aryl methyl sites for hydroxylation is 1. The average molecular weight is 252 g/mol. The normalized spacial score (nSPS) is 10.0. The number of halogens is 1. The highest BCUT2D eigenvalue weighted by atomic mass is 32.1. The largest absolute Gasteiger partial charge is 0.325 e. The van der Waals surface area contributed by atoms with E-state index in [2.05, 4.69) is 19.4 Å². The Morgan fingerprint density at radius 3 is 2.94 bits per heavy atom. The molecule has 2 N–H and O–H groups in total. The molecule has 1 aromatic heterocycles. The molecule has 7 heteroatoms. The highest BCUT2D eigenvalue weighted by Gasteiger charge is 2.08. The summed E-state index contributed by atoms with van der Waals surface area (Å²) in [6, 6.07) is 3.92. The van der Waals surface area contributed by atoms with Crippen LogP contribution in [0.15, 0.2) is 24.4 Å². The fourth-order valence-corrected chi connectivity index (χ4v) is 1.60. The molecule has 0 radical (unpaired) electrons. The number of amides is 2. The average Bonchev–Trinajstić information content (AvgIpc) is 2.76. The van der Waals surface area contributed by atoms with E-state index in [-0.39, 0.29) is 5.69 Å². The van der Waals surface area contributed by atoms with Crippen LogP contribution in [-0.2, 0) is 0 Å². The molecular weight excluding hydrogens is 243 g/mol. The van der Waals surface area contributed by atoms with Gasteiger partial charge >= 0.3 is 6.03 Å². The van der Waals surface area contributed by atoms with E-state index in [1.807, 2.05) is 6.92 Å². The van der Waals surface area contributed by atoms with Gasteiger partial charge in [0.05, 0.1) is 23.6 Å². The van der Waals surface area contributed by atoms with Crippen LogP contribution < -0.4 is 10.6 Å². The first-order valence-electron chi connectivity index (χ1n) is 4.77. The Kier molecular flexibility index (Phi) is 3.29. The summed E-state index contributed by atoms with van der Waals surface area (Å²) in [5.74, 6) is -0.150. The van der Waals surface area contributed by atoms with Crippen LogP contribution in [0.1, 0.15) is 5.56 Å². The van der Waals surface area contributed by atoms with Crippen molar-refractivity contribution in [3.05, 3.63) is 35.8 Å². The van der Waals surface area contributed by atoms with Gasteiger partial charge in [-0.1, -0.05) is 6.07 Å². The molecule has 0 bridgehead atoms.